The van der Waals surface area contributed by atoms with Crippen molar-refractivity contribution in [2.75, 3.05) is 5.48 Å². The number of nitrogens with one attached hydrogen (secondary N) is 1. The van der Waals surface area contributed by atoms with E-state index >= 15 is 0 Å². The summed E-state index contributed by atoms with van der Waals surface area (Å²) in [4.78, 5) is 0. The largest absolute Gasteiger partial charge is 0.291 e. The lowest BCUT2D eigenvalue weighted by molar-refractivity contribution is 0.389. The van der Waals surface area contributed by atoms with Crippen molar-refractivity contribution in [2.45, 2.75) is 6.92 Å². The van der Waals surface area contributed by atoms with Crippen LogP contribution in [0.1, 0.15) is 5.56 Å². The van der Waals surface area contributed by atoms with Gasteiger partial charge in [0, 0.05) is 0 Å². The average Bonchev–Trinajstić information content (AvgIpc) is 1.90. The standard InChI is InChI=1S/C7H9NO/c1-6-2-4-7(8-9)5-3-6/h2-5,8-9H,1H3. The van der Waals surface area contributed by atoms with Crippen molar-refractivity contribution in [2.24, 2.45) is 0 Å². The van der Waals surface area contributed by atoms with Gasteiger partial charge >= 0.3 is 0 Å². The Bertz CT molecular complexity index is 181. The van der Waals surface area contributed by atoms with Gasteiger partial charge in [0.05, 0.1) is 5.69 Å². The van der Waals surface area contributed by atoms with Gasteiger partial charge in [0.15, 0.2) is 0 Å². The smallest absolute Gasteiger partial charge is 0.0602 e. The Morgan fingerprint density at radius 3 is 2.22 bits per heavy atom. The van der Waals surface area contributed by atoms with Crippen LogP contribution in [0.15, 0.2) is 24.3 Å². The zero-order chi connectivity index (χ0) is 6.69. The van der Waals surface area contributed by atoms with E-state index in [-0.39, 0.29) is 0 Å². The summed E-state index contributed by atoms with van der Waals surface area (Å²) in [6, 6.07) is 7.49. The quantitative estimate of drug-likeness (QED) is 0.558. The number of anilines is 1. The van der Waals surface area contributed by atoms with E-state index in [1.807, 2.05) is 31.2 Å². The predicted molar refractivity (Wildman–Crippen MR) is 36.6 cm³/mol. The molecule has 9 heavy (non-hydrogen) atoms. The highest BCUT2D eigenvalue weighted by molar-refractivity contribution is 5.41. The van der Waals surface area contributed by atoms with Crippen LogP contribution in [0.3, 0.4) is 0 Å². The third kappa shape index (κ3) is 1.44. The van der Waals surface area contributed by atoms with Gasteiger partial charge < -0.3 is 0 Å². The minimum absolute atomic E-state index is 0.723. The maximum Gasteiger partial charge on any atom is 0.0602 e. The van der Waals surface area contributed by atoms with Crippen LogP contribution in [0.25, 0.3) is 0 Å². The molecule has 1 aromatic carbocycles. The van der Waals surface area contributed by atoms with Crippen molar-refractivity contribution in [3.8, 4) is 0 Å². The molecule has 0 saturated heterocycles. The van der Waals surface area contributed by atoms with Gasteiger partial charge in [-0.3, -0.25) is 10.7 Å². The van der Waals surface area contributed by atoms with Crippen LogP contribution in [0.4, 0.5) is 5.69 Å². The summed E-state index contributed by atoms with van der Waals surface area (Å²) in [6.07, 6.45) is 0. The summed E-state index contributed by atoms with van der Waals surface area (Å²) in [5.41, 5.74) is 3.97. The molecule has 0 fully saturated rings. The van der Waals surface area contributed by atoms with Crippen LogP contribution in [-0.2, 0) is 0 Å². The van der Waals surface area contributed by atoms with E-state index in [1.165, 1.54) is 5.56 Å². The maximum atomic E-state index is 8.38. The van der Waals surface area contributed by atoms with E-state index in [0.29, 0.717) is 0 Å². The van der Waals surface area contributed by atoms with Crippen molar-refractivity contribution in [3.63, 3.8) is 0 Å². The summed E-state index contributed by atoms with van der Waals surface area (Å²) < 4.78 is 0. The first kappa shape index (κ1) is 6.11. The molecule has 48 valence electrons. The second kappa shape index (κ2) is 2.51. The fourth-order valence-corrected chi connectivity index (χ4v) is 0.628. The lowest BCUT2D eigenvalue weighted by Gasteiger charge is -1.96. The SMILES string of the molecule is Cc1ccc(NO)cc1. The highest BCUT2D eigenvalue weighted by Gasteiger charge is 1.84. The van der Waals surface area contributed by atoms with Crippen molar-refractivity contribution < 1.29 is 5.21 Å². The lowest BCUT2D eigenvalue weighted by Crippen LogP contribution is -1.87. The van der Waals surface area contributed by atoms with E-state index in [1.54, 1.807) is 0 Å². The molecule has 0 aliphatic heterocycles. The Kier molecular flexibility index (Phi) is 1.70. The van der Waals surface area contributed by atoms with E-state index in [2.05, 4.69) is 5.48 Å². The van der Waals surface area contributed by atoms with Gasteiger partial charge in [0.2, 0.25) is 0 Å². The fourth-order valence-electron chi connectivity index (χ4n) is 0.628. The summed E-state index contributed by atoms with van der Waals surface area (Å²) in [5, 5.41) is 8.38. The van der Waals surface area contributed by atoms with Gasteiger partial charge in [0.1, 0.15) is 0 Å². The van der Waals surface area contributed by atoms with Gasteiger partial charge in [0.25, 0.3) is 0 Å². The van der Waals surface area contributed by atoms with Crippen LogP contribution in [0, 0.1) is 6.92 Å². The van der Waals surface area contributed by atoms with Crippen LogP contribution in [-0.4, -0.2) is 5.21 Å². The minimum Gasteiger partial charge on any atom is -0.291 e. The molecule has 0 bridgehead atoms. The van der Waals surface area contributed by atoms with Crippen LogP contribution < -0.4 is 5.48 Å². The van der Waals surface area contributed by atoms with E-state index < -0.39 is 0 Å². The normalized spacial score (nSPS) is 9.11. The third-order valence-corrected chi connectivity index (χ3v) is 1.18. The van der Waals surface area contributed by atoms with Crippen molar-refractivity contribution in [3.05, 3.63) is 29.8 Å². The van der Waals surface area contributed by atoms with Crippen LogP contribution in [0.2, 0.25) is 0 Å². The van der Waals surface area contributed by atoms with Gasteiger partial charge in [-0.15, -0.1) is 0 Å². The zero-order valence-electron chi connectivity index (χ0n) is 5.26. The molecule has 1 rings (SSSR count). The molecule has 1 aromatic rings. The lowest BCUT2D eigenvalue weighted by atomic mass is 10.2. The Balaban J connectivity index is 2.88. The molecule has 2 N–H and O–H groups in total. The molecule has 0 heterocycles. The zero-order valence-corrected chi connectivity index (χ0v) is 5.26. The first-order valence-corrected chi connectivity index (χ1v) is 2.79. The van der Waals surface area contributed by atoms with Crippen LogP contribution >= 0.6 is 0 Å². The number of benzene rings is 1. The Morgan fingerprint density at radius 1 is 1.22 bits per heavy atom. The van der Waals surface area contributed by atoms with Crippen molar-refractivity contribution in [1.29, 1.82) is 0 Å². The second-order valence-corrected chi connectivity index (χ2v) is 1.98. The molecule has 0 aliphatic carbocycles. The summed E-state index contributed by atoms with van der Waals surface area (Å²) >= 11 is 0. The molecule has 0 atom stereocenters. The molecule has 0 aromatic heterocycles. The summed E-state index contributed by atoms with van der Waals surface area (Å²) in [7, 11) is 0. The number of rotatable bonds is 1. The van der Waals surface area contributed by atoms with Crippen LogP contribution in [0.5, 0.6) is 0 Å². The average molecular weight is 123 g/mol. The first-order chi connectivity index (χ1) is 4.33. The monoisotopic (exact) mass is 123 g/mol. The highest BCUT2D eigenvalue weighted by Crippen LogP contribution is 2.06. The second-order valence-electron chi connectivity index (χ2n) is 1.98. The fraction of sp³-hybridized carbons (Fsp3) is 0.143. The Labute approximate surface area is 54.1 Å². The molecular weight excluding hydrogens is 114 g/mol. The van der Waals surface area contributed by atoms with E-state index in [9.17, 15) is 0 Å². The van der Waals surface area contributed by atoms with Crippen molar-refractivity contribution >= 4 is 5.69 Å². The molecule has 0 radical (unpaired) electrons. The third-order valence-electron chi connectivity index (χ3n) is 1.18. The Hall–Kier alpha value is -1.02. The molecule has 0 aliphatic rings. The topological polar surface area (TPSA) is 32.3 Å². The Morgan fingerprint density at radius 2 is 1.78 bits per heavy atom. The minimum atomic E-state index is 0.723. The van der Waals surface area contributed by atoms with Gasteiger partial charge in [-0.1, -0.05) is 17.7 Å². The van der Waals surface area contributed by atoms with Gasteiger partial charge in [-0.25, -0.2) is 0 Å². The van der Waals surface area contributed by atoms with Gasteiger partial charge in [-0.2, -0.15) is 0 Å². The molecule has 2 heteroatoms. The van der Waals surface area contributed by atoms with E-state index in [0.717, 1.165) is 5.69 Å². The molecule has 0 unspecified atom stereocenters. The first-order valence-electron chi connectivity index (χ1n) is 2.79. The molecule has 0 amide bonds. The molecule has 0 saturated carbocycles. The number of aryl methyl sites for hydroxylation is 1. The van der Waals surface area contributed by atoms with Gasteiger partial charge in [-0.05, 0) is 19.1 Å². The predicted octanol–water partition coefficient (Wildman–Crippen LogP) is 1.80. The van der Waals surface area contributed by atoms with E-state index in [4.69, 9.17) is 5.21 Å². The summed E-state index contributed by atoms with van der Waals surface area (Å²) in [5.74, 6) is 0. The highest BCUT2D eigenvalue weighted by atomic mass is 16.5. The molecule has 0 spiro atoms. The maximum absolute atomic E-state index is 8.38. The number of hydrogen-bond donors (Lipinski definition) is 2. The number of hydrogen-bond acceptors (Lipinski definition) is 2. The summed E-state index contributed by atoms with van der Waals surface area (Å²) in [6.45, 7) is 2.00. The van der Waals surface area contributed by atoms with Crippen molar-refractivity contribution in [1.82, 2.24) is 0 Å². The molecule has 2 nitrogen and oxygen atoms in total. The molecular formula is C7H9NO.